The molecule has 1 aromatic rings. The Balaban J connectivity index is 2.64. The van der Waals surface area contributed by atoms with Crippen LogP contribution in [0.4, 0.5) is 11.4 Å². The van der Waals surface area contributed by atoms with Gasteiger partial charge in [-0.1, -0.05) is 12.1 Å². The molecule has 0 spiro atoms. The molecule has 4 heteroatoms. The summed E-state index contributed by atoms with van der Waals surface area (Å²) in [6.07, 6.45) is 0. The van der Waals surface area contributed by atoms with E-state index in [4.69, 9.17) is 11.3 Å². The lowest BCUT2D eigenvalue weighted by atomic mass is 10.3. The first kappa shape index (κ1) is 11.1. The van der Waals surface area contributed by atoms with Gasteiger partial charge in [0.2, 0.25) is 0 Å². The molecule has 0 aliphatic heterocycles. The zero-order valence-corrected chi connectivity index (χ0v) is 8.47. The number of nitrogens with zero attached hydrogens (tertiary/aromatic N) is 3. The van der Waals surface area contributed by atoms with Crippen LogP contribution in [0.2, 0.25) is 0 Å². The van der Waals surface area contributed by atoms with Crippen molar-refractivity contribution in [3.05, 3.63) is 35.7 Å². The minimum absolute atomic E-state index is 0.544. The van der Waals surface area contributed by atoms with Gasteiger partial charge in [0.15, 0.2) is 5.69 Å². The van der Waals surface area contributed by atoms with E-state index < -0.39 is 0 Å². The SMILES string of the molecule is [C-]#[N+]c1cccc(N=C=NCCOC)c1. The number of aliphatic imine (C=N–C) groups is 2. The van der Waals surface area contributed by atoms with E-state index in [0.29, 0.717) is 24.5 Å². The second kappa shape index (κ2) is 6.50. The average Bonchev–Trinajstić information content (AvgIpc) is 2.29. The molecule has 0 fully saturated rings. The highest BCUT2D eigenvalue weighted by Crippen LogP contribution is 2.19. The number of hydrogen-bond donors (Lipinski definition) is 0. The third-order valence-electron chi connectivity index (χ3n) is 1.62. The number of benzene rings is 1. The van der Waals surface area contributed by atoms with Gasteiger partial charge in [0.05, 0.1) is 31.4 Å². The van der Waals surface area contributed by atoms with Crippen LogP contribution in [0.15, 0.2) is 34.3 Å². The molecule has 0 heterocycles. The van der Waals surface area contributed by atoms with Gasteiger partial charge in [0, 0.05) is 7.11 Å². The molecule has 0 N–H and O–H groups in total. The molecule has 0 aliphatic carbocycles. The van der Waals surface area contributed by atoms with Gasteiger partial charge in [-0.25, -0.2) is 9.84 Å². The molecule has 0 aliphatic rings. The van der Waals surface area contributed by atoms with Crippen LogP contribution in [-0.4, -0.2) is 26.3 Å². The number of methoxy groups -OCH3 is 1. The van der Waals surface area contributed by atoms with Crippen molar-refractivity contribution in [2.75, 3.05) is 20.3 Å². The third kappa shape index (κ3) is 4.19. The fourth-order valence-corrected chi connectivity index (χ4v) is 0.912. The standard InChI is InChI=1S/C11H11N3O/c1-12-10-4-3-5-11(8-10)14-9-13-6-7-15-2/h3-5,8H,6-7H2,2H3. The van der Waals surface area contributed by atoms with Crippen LogP contribution in [0.1, 0.15) is 0 Å². The zero-order valence-electron chi connectivity index (χ0n) is 8.47. The van der Waals surface area contributed by atoms with Gasteiger partial charge in [0.1, 0.15) is 0 Å². The normalized spacial score (nSPS) is 8.80. The van der Waals surface area contributed by atoms with Crippen molar-refractivity contribution in [2.45, 2.75) is 0 Å². The summed E-state index contributed by atoms with van der Waals surface area (Å²) in [4.78, 5) is 11.2. The minimum Gasteiger partial charge on any atom is -0.383 e. The van der Waals surface area contributed by atoms with Gasteiger partial charge in [0.25, 0.3) is 0 Å². The van der Waals surface area contributed by atoms with Gasteiger partial charge < -0.3 is 4.74 Å². The summed E-state index contributed by atoms with van der Waals surface area (Å²) in [6, 6.07) is 9.55. The lowest BCUT2D eigenvalue weighted by molar-refractivity contribution is 0.208. The molecular weight excluding hydrogens is 190 g/mol. The van der Waals surface area contributed by atoms with E-state index in [2.05, 4.69) is 20.8 Å². The fourth-order valence-electron chi connectivity index (χ4n) is 0.912. The molecule has 0 bridgehead atoms. The Labute approximate surface area is 88.8 Å². The van der Waals surface area contributed by atoms with E-state index in [0.717, 1.165) is 0 Å². The molecule has 0 saturated carbocycles. The van der Waals surface area contributed by atoms with Crippen LogP contribution >= 0.6 is 0 Å². The van der Waals surface area contributed by atoms with E-state index in [1.165, 1.54) is 0 Å². The van der Waals surface area contributed by atoms with Gasteiger partial charge in [-0.2, -0.15) is 4.99 Å². The lowest BCUT2D eigenvalue weighted by Crippen LogP contribution is -1.90. The summed E-state index contributed by atoms with van der Waals surface area (Å²) in [7, 11) is 1.62. The maximum atomic E-state index is 6.83. The van der Waals surface area contributed by atoms with Crippen molar-refractivity contribution in [1.82, 2.24) is 0 Å². The highest BCUT2D eigenvalue weighted by atomic mass is 16.5. The maximum Gasteiger partial charge on any atom is 0.189 e. The molecule has 15 heavy (non-hydrogen) atoms. The van der Waals surface area contributed by atoms with Crippen LogP contribution in [0.5, 0.6) is 0 Å². The molecule has 1 aromatic carbocycles. The first-order valence-corrected chi connectivity index (χ1v) is 4.45. The summed E-state index contributed by atoms with van der Waals surface area (Å²) in [5.41, 5.74) is 1.25. The number of rotatable bonds is 4. The first-order valence-electron chi connectivity index (χ1n) is 4.45. The largest absolute Gasteiger partial charge is 0.383 e. The predicted molar refractivity (Wildman–Crippen MR) is 59.0 cm³/mol. The van der Waals surface area contributed by atoms with Gasteiger partial charge in [-0.3, -0.25) is 0 Å². The molecule has 0 amide bonds. The monoisotopic (exact) mass is 201 g/mol. The van der Waals surface area contributed by atoms with E-state index in [-0.39, 0.29) is 0 Å². The summed E-state index contributed by atoms with van der Waals surface area (Å²) in [6.45, 7) is 7.94. The van der Waals surface area contributed by atoms with Crippen molar-refractivity contribution >= 4 is 17.4 Å². The zero-order chi connectivity index (χ0) is 10.9. The Morgan fingerprint density at radius 2 is 2.40 bits per heavy atom. The Bertz CT molecular complexity index is 414. The number of hydrogen-bond acceptors (Lipinski definition) is 3. The molecule has 0 unspecified atom stereocenters. The summed E-state index contributed by atoms with van der Waals surface area (Å²) in [5, 5.41) is 0. The Kier molecular flexibility index (Phi) is 4.82. The van der Waals surface area contributed by atoms with Crippen LogP contribution in [-0.2, 0) is 4.74 Å². The Morgan fingerprint density at radius 3 is 3.13 bits per heavy atom. The number of ether oxygens (including phenoxy) is 1. The van der Waals surface area contributed by atoms with Crippen LogP contribution in [0.3, 0.4) is 0 Å². The highest BCUT2D eigenvalue weighted by Gasteiger charge is 1.90. The van der Waals surface area contributed by atoms with Gasteiger partial charge in [-0.05, 0) is 12.1 Å². The van der Waals surface area contributed by atoms with Crippen LogP contribution < -0.4 is 0 Å². The van der Waals surface area contributed by atoms with Crippen molar-refractivity contribution in [3.8, 4) is 0 Å². The molecular formula is C11H11N3O. The first-order chi connectivity index (χ1) is 7.36. The second-order valence-corrected chi connectivity index (χ2v) is 2.72. The summed E-state index contributed by atoms with van der Waals surface area (Å²) >= 11 is 0. The van der Waals surface area contributed by atoms with E-state index >= 15 is 0 Å². The predicted octanol–water partition coefficient (Wildman–Crippen LogP) is 2.69. The molecule has 4 nitrogen and oxygen atoms in total. The van der Waals surface area contributed by atoms with E-state index in [1.54, 1.807) is 31.4 Å². The minimum atomic E-state index is 0.544. The summed E-state index contributed by atoms with van der Waals surface area (Å²) in [5.74, 6) is 0. The fraction of sp³-hybridized carbons (Fsp3) is 0.273. The van der Waals surface area contributed by atoms with Gasteiger partial charge in [-0.15, -0.1) is 0 Å². The average molecular weight is 201 g/mol. The Morgan fingerprint density at radius 1 is 1.53 bits per heavy atom. The highest BCUT2D eigenvalue weighted by molar-refractivity contribution is 5.59. The maximum absolute atomic E-state index is 6.83. The topological polar surface area (TPSA) is 38.3 Å². The summed E-state index contributed by atoms with van der Waals surface area (Å²) < 4.78 is 4.82. The Hall–Kier alpha value is -1.95. The second-order valence-electron chi connectivity index (χ2n) is 2.72. The molecule has 0 atom stereocenters. The van der Waals surface area contributed by atoms with Crippen molar-refractivity contribution in [1.29, 1.82) is 0 Å². The van der Waals surface area contributed by atoms with Crippen LogP contribution in [0.25, 0.3) is 4.85 Å². The molecule has 0 saturated heterocycles. The quantitative estimate of drug-likeness (QED) is 0.419. The van der Waals surface area contributed by atoms with E-state index in [9.17, 15) is 0 Å². The molecule has 76 valence electrons. The van der Waals surface area contributed by atoms with Crippen molar-refractivity contribution in [2.24, 2.45) is 9.98 Å². The van der Waals surface area contributed by atoms with Crippen LogP contribution in [0, 0.1) is 6.57 Å². The lowest BCUT2D eigenvalue weighted by Gasteiger charge is -1.90. The van der Waals surface area contributed by atoms with Gasteiger partial charge >= 0.3 is 0 Å². The smallest absolute Gasteiger partial charge is 0.189 e. The third-order valence-corrected chi connectivity index (χ3v) is 1.62. The van der Waals surface area contributed by atoms with Crippen molar-refractivity contribution < 1.29 is 4.74 Å². The molecule has 1 rings (SSSR count). The van der Waals surface area contributed by atoms with E-state index in [1.807, 2.05) is 0 Å². The molecule has 0 aromatic heterocycles. The van der Waals surface area contributed by atoms with Crippen molar-refractivity contribution in [3.63, 3.8) is 0 Å². The molecule has 0 radical (unpaired) electrons.